The maximum atomic E-state index is 5.35. The van der Waals surface area contributed by atoms with Crippen LogP contribution in [0.3, 0.4) is 0 Å². The smallest absolute Gasteiger partial charge is 0.228 e. The lowest BCUT2D eigenvalue weighted by Gasteiger charge is -2.15. The Kier molecular flexibility index (Phi) is 5.29. The fourth-order valence-electron chi connectivity index (χ4n) is 2.18. The first kappa shape index (κ1) is 14.7. The van der Waals surface area contributed by atoms with Crippen LogP contribution in [0.5, 0.6) is 0 Å². The number of nitrogens with one attached hydrogen (secondary N) is 1. The summed E-state index contributed by atoms with van der Waals surface area (Å²) in [5.41, 5.74) is 0.885. The van der Waals surface area contributed by atoms with Gasteiger partial charge in [-0.25, -0.2) is 0 Å². The van der Waals surface area contributed by atoms with Gasteiger partial charge in [0.25, 0.3) is 0 Å². The van der Waals surface area contributed by atoms with Gasteiger partial charge in [0.15, 0.2) is 0 Å². The molecule has 2 aromatic heterocycles. The van der Waals surface area contributed by atoms with Crippen molar-refractivity contribution < 1.29 is 4.52 Å². The predicted molar refractivity (Wildman–Crippen MR) is 77.2 cm³/mol. The van der Waals surface area contributed by atoms with Gasteiger partial charge < -0.3 is 9.84 Å². The lowest BCUT2D eigenvalue weighted by atomic mass is 10.1. The average molecular weight is 277 g/mol. The van der Waals surface area contributed by atoms with E-state index in [1.165, 1.54) is 0 Å². The van der Waals surface area contributed by atoms with Crippen molar-refractivity contribution in [2.45, 2.75) is 45.6 Å². The van der Waals surface area contributed by atoms with E-state index in [0.29, 0.717) is 17.8 Å². The van der Waals surface area contributed by atoms with E-state index >= 15 is 0 Å². The van der Waals surface area contributed by atoms with Crippen molar-refractivity contribution >= 4 is 0 Å². The van der Waals surface area contributed by atoms with Gasteiger partial charge >= 0.3 is 0 Å². The van der Waals surface area contributed by atoms with Crippen molar-refractivity contribution in [2.75, 3.05) is 6.54 Å². The summed E-state index contributed by atoms with van der Waals surface area (Å²) in [5, 5.41) is 11.7. The van der Waals surface area contributed by atoms with Crippen LogP contribution in [-0.4, -0.2) is 32.5 Å². The SMILES string of the molecule is CCCNC(CCC)Cc1nc(-c2cnn(C)c2)no1. The zero-order valence-corrected chi connectivity index (χ0v) is 12.5. The Labute approximate surface area is 119 Å². The second-order valence-electron chi connectivity index (χ2n) is 5.06. The van der Waals surface area contributed by atoms with Crippen molar-refractivity contribution in [2.24, 2.45) is 7.05 Å². The van der Waals surface area contributed by atoms with E-state index in [2.05, 4.69) is 34.4 Å². The number of aryl methyl sites for hydroxylation is 1. The van der Waals surface area contributed by atoms with Crippen LogP contribution in [0.2, 0.25) is 0 Å². The first-order chi connectivity index (χ1) is 9.72. The van der Waals surface area contributed by atoms with E-state index in [1.54, 1.807) is 10.9 Å². The molecule has 1 unspecified atom stereocenters. The first-order valence-electron chi connectivity index (χ1n) is 7.27. The maximum Gasteiger partial charge on any atom is 0.228 e. The van der Waals surface area contributed by atoms with Crippen LogP contribution in [0.15, 0.2) is 16.9 Å². The fourth-order valence-corrected chi connectivity index (χ4v) is 2.18. The number of hydrogen-bond acceptors (Lipinski definition) is 5. The number of hydrogen-bond donors (Lipinski definition) is 1. The molecule has 0 spiro atoms. The molecule has 110 valence electrons. The third kappa shape index (κ3) is 3.90. The molecule has 2 heterocycles. The molecule has 0 aliphatic heterocycles. The molecule has 0 radical (unpaired) electrons. The monoisotopic (exact) mass is 277 g/mol. The average Bonchev–Trinajstić information content (AvgIpc) is 3.05. The van der Waals surface area contributed by atoms with E-state index in [9.17, 15) is 0 Å². The van der Waals surface area contributed by atoms with E-state index in [-0.39, 0.29) is 0 Å². The molecule has 6 heteroatoms. The second kappa shape index (κ2) is 7.19. The lowest BCUT2D eigenvalue weighted by molar-refractivity contribution is 0.350. The summed E-state index contributed by atoms with van der Waals surface area (Å²) in [6.45, 7) is 5.38. The van der Waals surface area contributed by atoms with Gasteiger partial charge in [0.2, 0.25) is 11.7 Å². The molecule has 0 aromatic carbocycles. The maximum absolute atomic E-state index is 5.35. The molecular formula is C14H23N5O. The Hall–Kier alpha value is -1.69. The van der Waals surface area contributed by atoms with Crippen LogP contribution in [0.25, 0.3) is 11.4 Å². The molecule has 0 aliphatic rings. The van der Waals surface area contributed by atoms with Gasteiger partial charge in [0, 0.05) is 25.7 Å². The van der Waals surface area contributed by atoms with Gasteiger partial charge in [-0.05, 0) is 19.4 Å². The van der Waals surface area contributed by atoms with Crippen molar-refractivity contribution in [3.8, 4) is 11.4 Å². The minimum absolute atomic E-state index is 0.405. The Morgan fingerprint density at radius 2 is 2.20 bits per heavy atom. The molecule has 2 aromatic rings. The highest BCUT2D eigenvalue weighted by atomic mass is 16.5. The van der Waals surface area contributed by atoms with Gasteiger partial charge in [-0.3, -0.25) is 4.68 Å². The standard InChI is InChI=1S/C14H23N5O/c1-4-6-12(15-7-5-2)8-13-17-14(18-20-13)11-9-16-19(3)10-11/h9-10,12,15H,4-8H2,1-3H3. The molecule has 0 bridgehead atoms. The molecule has 1 atom stereocenters. The minimum atomic E-state index is 0.405. The molecule has 0 amide bonds. The molecule has 1 N–H and O–H groups in total. The molecule has 2 rings (SSSR count). The molecule has 0 saturated heterocycles. The Bertz CT molecular complexity index is 519. The van der Waals surface area contributed by atoms with Crippen LogP contribution in [0.4, 0.5) is 0 Å². The van der Waals surface area contributed by atoms with Crippen LogP contribution < -0.4 is 5.32 Å². The summed E-state index contributed by atoms with van der Waals surface area (Å²) in [6.07, 6.45) is 7.79. The third-order valence-corrected chi connectivity index (χ3v) is 3.17. The summed E-state index contributed by atoms with van der Waals surface area (Å²) in [6, 6.07) is 0.405. The van der Waals surface area contributed by atoms with Crippen molar-refractivity contribution in [1.29, 1.82) is 0 Å². The molecule has 0 fully saturated rings. The van der Waals surface area contributed by atoms with Crippen LogP contribution >= 0.6 is 0 Å². The highest BCUT2D eigenvalue weighted by molar-refractivity contribution is 5.50. The lowest BCUT2D eigenvalue weighted by Crippen LogP contribution is -2.31. The molecule has 6 nitrogen and oxygen atoms in total. The van der Waals surface area contributed by atoms with Gasteiger partial charge in [0.1, 0.15) is 0 Å². The Balaban J connectivity index is 2.00. The van der Waals surface area contributed by atoms with E-state index in [1.807, 2.05) is 13.2 Å². The second-order valence-corrected chi connectivity index (χ2v) is 5.06. The Morgan fingerprint density at radius 3 is 2.85 bits per heavy atom. The first-order valence-corrected chi connectivity index (χ1v) is 7.27. The van der Waals surface area contributed by atoms with Gasteiger partial charge in [-0.2, -0.15) is 10.1 Å². The summed E-state index contributed by atoms with van der Waals surface area (Å²) in [4.78, 5) is 4.45. The van der Waals surface area contributed by atoms with Gasteiger partial charge in [0.05, 0.1) is 11.8 Å². The number of aromatic nitrogens is 4. The molecule has 0 aliphatic carbocycles. The van der Waals surface area contributed by atoms with Crippen LogP contribution in [0.1, 0.15) is 39.0 Å². The normalized spacial score (nSPS) is 12.8. The fraction of sp³-hybridized carbons (Fsp3) is 0.643. The van der Waals surface area contributed by atoms with E-state index in [0.717, 1.165) is 37.8 Å². The molecular weight excluding hydrogens is 254 g/mol. The molecule has 0 saturated carbocycles. The summed E-state index contributed by atoms with van der Waals surface area (Å²) in [5.74, 6) is 1.30. The number of rotatable bonds is 8. The predicted octanol–water partition coefficient (Wildman–Crippen LogP) is 2.18. The van der Waals surface area contributed by atoms with E-state index < -0.39 is 0 Å². The number of nitrogens with zero attached hydrogens (tertiary/aromatic N) is 4. The highest BCUT2D eigenvalue weighted by Crippen LogP contribution is 2.15. The van der Waals surface area contributed by atoms with E-state index in [4.69, 9.17) is 4.52 Å². The summed E-state index contributed by atoms with van der Waals surface area (Å²) < 4.78 is 7.08. The zero-order valence-electron chi connectivity index (χ0n) is 12.5. The quantitative estimate of drug-likeness (QED) is 0.801. The summed E-state index contributed by atoms with van der Waals surface area (Å²) in [7, 11) is 1.87. The van der Waals surface area contributed by atoms with Crippen LogP contribution in [-0.2, 0) is 13.5 Å². The van der Waals surface area contributed by atoms with Crippen molar-refractivity contribution in [3.05, 3.63) is 18.3 Å². The topological polar surface area (TPSA) is 68.8 Å². The van der Waals surface area contributed by atoms with Crippen molar-refractivity contribution in [3.63, 3.8) is 0 Å². The zero-order chi connectivity index (χ0) is 14.4. The Morgan fingerprint density at radius 1 is 1.35 bits per heavy atom. The third-order valence-electron chi connectivity index (χ3n) is 3.17. The highest BCUT2D eigenvalue weighted by Gasteiger charge is 2.15. The van der Waals surface area contributed by atoms with Gasteiger partial charge in [-0.1, -0.05) is 25.4 Å². The minimum Gasteiger partial charge on any atom is -0.339 e. The summed E-state index contributed by atoms with van der Waals surface area (Å²) >= 11 is 0. The molecule has 20 heavy (non-hydrogen) atoms. The van der Waals surface area contributed by atoms with Crippen molar-refractivity contribution in [1.82, 2.24) is 25.2 Å². The van der Waals surface area contributed by atoms with Crippen LogP contribution in [0, 0.1) is 0 Å². The van der Waals surface area contributed by atoms with Gasteiger partial charge in [-0.15, -0.1) is 0 Å². The largest absolute Gasteiger partial charge is 0.339 e.